The normalized spacial score (nSPS) is 11.8. The van der Waals surface area contributed by atoms with Crippen LogP contribution in [0.1, 0.15) is 28.9 Å². The fourth-order valence-corrected chi connectivity index (χ4v) is 2.93. The molecule has 0 fully saturated rings. The van der Waals surface area contributed by atoms with E-state index >= 15 is 0 Å². The molecular weight excluding hydrogens is 354 g/mol. The molecule has 0 radical (unpaired) electrons. The van der Waals surface area contributed by atoms with Gasteiger partial charge in [0.05, 0.1) is 13.2 Å². The molecule has 21 heavy (non-hydrogen) atoms. The predicted octanol–water partition coefficient (Wildman–Crippen LogP) is 4.60. The van der Waals surface area contributed by atoms with E-state index < -0.39 is 0 Å². The molecule has 2 aromatic rings. The second-order valence-electron chi connectivity index (χ2n) is 4.60. The van der Waals surface area contributed by atoms with Crippen molar-refractivity contribution in [1.29, 1.82) is 0 Å². The van der Waals surface area contributed by atoms with Gasteiger partial charge in [0.15, 0.2) is 0 Å². The Kier molecular flexibility index (Phi) is 5.26. The average molecular weight is 369 g/mol. The van der Waals surface area contributed by atoms with E-state index in [-0.39, 0.29) is 11.9 Å². The zero-order valence-corrected chi connectivity index (χ0v) is 14.0. The number of hydrogen-bond donors (Lipinski definition) is 1. The Balaban J connectivity index is 2.18. The molecule has 110 valence electrons. The highest BCUT2D eigenvalue weighted by atomic mass is 79.9. The Morgan fingerprint density at radius 1 is 1.29 bits per heavy atom. The van der Waals surface area contributed by atoms with Crippen LogP contribution in [0.5, 0.6) is 5.75 Å². The number of amides is 1. The average Bonchev–Trinajstić information content (AvgIpc) is 2.46. The lowest BCUT2D eigenvalue weighted by atomic mass is 10.1. The van der Waals surface area contributed by atoms with E-state index in [4.69, 9.17) is 16.3 Å². The van der Waals surface area contributed by atoms with E-state index in [2.05, 4.69) is 21.2 Å². The topological polar surface area (TPSA) is 38.3 Å². The van der Waals surface area contributed by atoms with Gasteiger partial charge in [-0.15, -0.1) is 0 Å². The maximum Gasteiger partial charge on any atom is 0.251 e. The summed E-state index contributed by atoms with van der Waals surface area (Å²) in [6.07, 6.45) is 0. The summed E-state index contributed by atoms with van der Waals surface area (Å²) in [5.74, 6) is 0.564. The van der Waals surface area contributed by atoms with Crippen LogP contribution in [0.25, 0.3) is 0 Å². The summed E-state index contributed by atoms with van der Waals surface area (Å²) >= 11 is 9.30. The smallest absolute Gasteiger partial charge is 0.251 e. The number of methoxy groups -OCH3 is 1. The molecule has 0 aromatic heterocycles. The highest BCUT2D eigenvalue weighted by molar-refractivity contribution is 9.10. The van der Waals surface area contributed by atoms with Gasteiger partial charge in [-0.2, -0.15) is 0 Å². The van der Waals surface area contributed by atoms with Gasteiger partial charge in [-0.1, -0.05) is 45.7 Å². The molecule has 0 saturated heterocycles. The van der Waals surface area contributed by atoms with Crippen molar-refractivity contribution in [2.24, 2.45) is 0 Å². The van der Waals surface area contributed by atoms with Crippen LogP contribution in [0, 0.1) is 0 Å². The molecule has 1 amide bonds. The Hall–Kier alpha value is -1.52. The van der Waals surface area contributed by atoms with Crippen LogP contribution < -0.4 is 10.1 Å². The van der Waals surface area contributed by atoms with Gasteiger partial charge in [-0.3, -0.25) is 4.79 Å². The predicted molar refractivity (Wildman–Crippen MR) is 88.0 cm³/mol. The molecular formula is C16H15BrClNO2. The third-order valence-electron chi connectivity index (χ3n) is 3.08. The summed E-state index contributed by atoms with van der Waals surface area (Å²) in [4.78, 5) is 12.3. The van der Waals surface area contributed by atoms with E-state index in [1.165, 1.54) is 0 Å². The van der Waals surface area contributed by atoms with E-state index in [0.717, 1.165) is 15.8 Å². The number of halogens is 2. The molecule has 0 aliphatic rings. The summed E-state index contributed by atoms with van der Waals surface area (Å²) in [7, 11) is 1.61. The van der Waals surface area contributed by atoms with Gasteiger partial charge < -0.3 is 10.1 Å². The number of benzene rings is 2. The minimum atomic E-state index is -0.184. The number of carbonyl (C=O) groups is 1. The molecule has 1 unspecified atom stereocenters. The zero-order valence-electron chi connectivity index (χ0n) is 11.7. The maximum absolute atomic E-state index is 12.3. The second kappa shape index (κ2) is 6.96. The van der Waals surface area contributed by atoms with Crippen molar-refractivity contribution in [3.63, 3.8) is 0 Å². The first-order valence-corrected chi connectivity index (χ1v) is 7.58. The standard InChI is InChI=1S/C16H15BrClNO2/c1-10(14-5-3-4-6-15(14)21-2)19-16(20)11-7-12(17)9-13(18)8-11/h3-10H,1-2H3,(H,19,20). The lowest BCUT2D eigenvalue weighted by Gasteiger charge is -2.17. The van der Waals surface area contributed by atoms with Crippen LogP contribution in [-0.4, -0.2) is 13.0 Å². The van der Waals surface area contributed by atoms with E-state index in [1.54, 1.807) is 25.3 Å². The molecule has 0 bridgehead atoms. The molecule has 2 aromatic carbocycles. The lowest BCUT2D eigenvalue weighted by Crippen LogP contribution is -2.26. The third kappa shape index (κ3) is 3.99. The fraction of sp³-hybridized carbons (Fsp3) is 0.188. The Morgan fingerprint density at radius 2 is 2.00 bits per heavy atom. The first kappa shape index (κ1) is 15.9. The minimum Gasteiger partial charge on any atom is -0.496 e. The minimum absolute atomic E-state index is 0.175. The van der Waals surface area contributed by atoms with Crippen LogP contribution in [0.4, 0.5) is 0 Å². The van der Waals surface area contributed by atoms with Crippen LogP contribution in [0.2, 0.25) is 5.02 Å². The molecule has 0 aliphatic heterocycles. The van der Waals surface area contributed by atoms with Gasteiger partial charge in [0.25, 0.3) is 5.91 Å². The van der Waals surface area contributed by atoms with Gasteiger partial charge >= 0.3 is 0 Å². The molecule has 1 N–H and O–H groups in total. The monoisotopic (exact) mass is 367 g/mol. The van der Waals surface area contributed by atoms with Crippen LogP contribution >= 0.6 is 27.5 Å². The van der Waals surface area contributed by atoms with E-state index in [0.29, 0.717) is 10.6 Å². The molecule has 0 spiro atoms. The lowest BCUT2D eigenvalue weighted by molar-refractivity contribution is 0.0939. The first-order valence-electron chi connectivity index (χ1n) is 6.41. The first-order chi connectivity index (χ1) is 10.0. The summed E-state index contributed by atoms with van der Waals surface area (Å²) in [6, 6.07) is 12.5. The quantitative estimate of drug-likeness (QED) is 0.856. The molecule has 0 aliphatic carbocycles. The molecule has 3 nitrogen and oxygen atoms in total. The number of carbonyl (C=O) groups excluding carboxylic acids is 1. The Morgan fingerprint density at radius 3 is 2.67 bits per heavy atom. The number of para-hydroxylation sites is 1. The third-order valence-corrected chi connectivity index (χ3v) is 3.75. The SMILES string of the molecule is COc1ccccc1C(C)NC(=O)c1cc(Cl)cc(Br)c1. The van der Waals surface area contributed by atoms with Crippen LogP contribution in [0.15, 0.2) is 46.9 Å². The molecule has 2 rings (SSSR count). The van der Waals surface area contributed by atoms with E-state index in [9.17, 15) is 4.79 Å². The molecule has 1 atom stereocenters. The van der Waals surface area contributed by atoms with Crippen LogP contribution in [-0.2, 0) is 0 Å². The van der Waals surface area contributed by atoms with Gasteiger partial charge in [-0.05, 0) is 31.2 Å². The van der Waals surface area contributed by atoms with Crippen LogP contribution in [0.3, 0.4) is 0 Å². The Labute approximate surface area is 137 Å². The van der Waals surface area contributed by atoms with Crippen molar-refractivity contribution in [2.75, 3.05) is 7.11 Å². The highest BCUT2D eigenvalue weighted by Gasteiger charge is 2.15. The van der Waals surface area contributed by atoms with Crippen molar-refractivity contribution in [2.45, 2.75) is 13.0 Å². The van der Waals surface area contributed by atoms with Crippen molar-refractivity contribution in [3.8, 4) is 5.75 Å². The van der Waals surface area contributed by atoms with Crippen molar-refractivity contribution >= 4 is 33.4 Å². The number of ether oxygens (including phenoxy) is 1. The van der Waals surface area contributed by atoms with Gasteiger partial charge in [0.2, 0.25) is 0 Å². The number of hydrogen-bond acceptors (Lipinski definition) is 2. The summed E-state index contributed by atoms with van der Waals surface area (Å²) in [6.45, 7) is 1.91. The summed E-state index contributed by atoms with van der Waals surface area (Å²) < 4.78 is 6.08. The van der Waals surface area contributed by atoms with Gasteiger partial charge in [0, 0.05) is 20.6 Å². The van der Waals surface area contributed by atoms with Gasteiger partial charge in [-0.25, -0.2) is 0 Å². The highest BCUT2D eigenvalue weighted by Crippen LogP contribution is 2.25. The van der Waals surface area contributed by atoms with Crippen molar-refractivity contribution < 1.29 is 9.53 Å². The summed E-state index contributed by atoms with van der Waals surface area (Å²) in [5, 5.41) is 3.46. The molecule has 0 saturated carbocycles. The Bertz CT molecular complexity index is 640. The zero-order chi connectivity index (χ0) is 15.4. The second-order valence-corrected chi connectivity index (χ2v) is 5.95. The fourth-order valence-electron chi connectivity index (χ4n) is 2.07. The van der Waals surface area contributed by atoms with Crippen molar-refractivity contribution in [3.05, 3.63) is 63.1 Å². The van der Waals surface area contributed by atoms with Crippen molar-refractivity contribution in [1.82, 2.24) is 5.32 Å². The summed E-state index contributed by atoms with van der Waals surface area (Å²) in [5.41, 5.74) is 1.44. The molecule has 0 heterocycles. The maximum atomic E-state index is 12.3. The number of rotatable bonds is 4. The van der Waals surface area contributed by atoms with Gasteiger partial charge in [0.1, 0.15) is 5.75 Å². The van der Waals surface area contributed by atoms with E-state index in [1.807, 2.05) is 31.2 Å². The number of nitrogens with one attached hydrogen (secondary N) is 1. The largest absolute Gasteiger partial charge is 0.496 e. The molecule has 5 heteroatoms.